The monoisotopic (exact) mass is 312 g/mol. The molecule has 0 bridgehead atoms. The van der Waals surface area contributed by atoms with Gasteiger partial charge in [0.2, 0.25) is 5.28 Å². The van der Waals surface area contributed by atoms with Crippen molar-refractivity contribution in [2.75, 3.05) is 0 Å². The van der Waals surface area contributed by atoms with Crippen molar-refractivity contribution in [2.45, 2.75) is 0 Å². The van der Waals surface area contributed by atoms with E-state index in [1.165, 1.54) is 0 Å². The average Bonchev–Trinajstić information content (AvgIpc) is 2.69. The van der Waals surface area contributed by atoms with Crippen LogP contribution in [0.2, 0.25) is 15.3 Å². The third-order valence-electron chi connectivity index (χ3n) is 2.80. The SMILES string of the molecule is Cn1c(-c2cccc(Cl)c2Cl)nc2nc(Cl)ncc21. The van der Waals surface area contributed by atoms with Gasteiger partial charge in [-0.3, -0.25) is 0 Å². The van der Waals surface area contributed by atoms with E-state index in [2.05, 4.69) is 15.0 Å². The summed E-state index contributed by atoms with van der Waals surface area (Å²) in [5.41, 5.74) is 2.04. The third kappa shape index (κ3) is 2.06. The Morgan fingerprint density at radius 2 is 1.89 bits per heavy atom. The zero-order valence-corrected chi connectivity index (χ0v) is 12.0. The largest absolute Gasteiger partial charge is 0.324 e. The van der Waals surface area contributed by atoms with Gasteiger partial charge < -0.3 is 4.57 Å². The van der Waals surface area contributed by atoms with Crippen LogP contribution in [-0.4, -0.2) is 19.5 Å². The number of benzene rings is 1. The Balaban J connectivity index is 2.31. The Bertz CT molecular complexity index is 782. The molecule has 0 saturated heterocycles. The van der Waals surface area contributed by atoms with E-state index in [4.69, 9.17) is 34.8 Å². The van der Waals surface area contributed by atoms with Gasteiger partial charge in [0.25, 0.3) is 0 Å². The highest BCUT2D eigenvalue weighted by molar-refractivity contribution is 6.43. The number of fused-ring (bicyclic) bond motifs is 1. The second kappa shape index (κ2) is 4.63. The first-order valence-electron chi connectivity index (χ1n) is 5.37. The van der Waals surface area contributed by atoms with Crippen LogP contribution in [0.4, 0.5) is 0 Å². The minimum atomic E-state index is 0.161. The molecule has 0 radical (unpaired) electrons. The fourth-order valence-corrected chi connectivity index (χ4v) is 2.39. The van der Waals surface area contributed by atoms with Crippen molar-refractivity contribution in [3.05, 3.63) is 39.7 Å². The summed E-state index contributed by atoms with van der Waals surface area (Å²) in [4.78, 5) is 12.5. The molecule has 0 amide bonds. The summed E-state index contributed by atoms with van der Waals surface area (Å²) in [5, 5.41) is 1.10. The lowest BCUT2D eigenvalue weighted by Crippen LogP contribution is -1.93. The second-order valence-corrected chi connectivity index (χ2v) is 5.07. The van der Waals surface area contributed by atoms with E-state index in [-0.39, 0.29) is 5.28 Å². The highest BCUT2D eigenvalue weighted by Gasteiger charge is 2.15. The predicted octanol–water partition coefficient (Wildman–Crippen LogP) is 3.99. The lowest BCUT2D eigenvalue weighted by Gasteiger charge is -2.05. The first-order valence-corrected chi connectivity index (χ1v) is 6.50. The lowest BCUT2D eigenvalue weighted by atomic mass is 10.2. The molecule has 0 aliphatic carbocycles. The number of imidazole rings is 1. The Hall–Kier alpha value is -1.36. The fourth-order valence-electron chi connectivity index (χ4n) is 1.87. The molecule has 19 heavy (non-hydrogen) atoms. The van der Waals surface area contributed by atoms with Gasteiger partial charge in [0.15, 0.2) is 5.65 Å². The highest BCUT2D eigenvalue weighted by atomic mass is 35.5. The molecule has 0 aliphatic heterocycles. The molecule has 1 aromatic carbocycles. The lowest BCUT2D eigenvalue weighted by molar-refractivity contribution is 0.956. The van der Waals surface area contributed by atoms with Crippen molar-refractivity contribution in [1.29, 1.82) is 0 Å². The van der Waals surface area contributed by atoms with Crippen LogP contribution >= 0.6 is 34.8 Å². The van der Waals surface area contributed by atoms with Gasteiger partial charge in [-0.15, -0.1) is 0 Å². The Kier molecular flexibility index (Phi) is 3.09. The Labute approximate surface area is 124 Å². The van der Waals surface area contributed by atoms with Gasteiger partial charge in [-0.05, 0) is 23.7 Å². The Morgan fingerprint density at radius 1 is 1.11 bits per heavy atom. The normalized spacial score (nSPS) is 11.2. The van der Waals surface area contributed by atoms with Crippen molar-refractivity contribution >= 4 is 46.0 Å². The van der Waals surface area contributed by atoms with Crippen LogP contribution in [0.1, 0.15) is 0 Å². The van der Waals surface area contributed by atoms with E-state index in [1.54, 1.807) is 12.3 Å². The van der Waals surface area contributed by atoms with Gasteiger partial charge in [-0.25, -0.2) is 9.97 Å². The third-order valence-corrected chi connectivity index (χ3v) is 3.80. The van der Waals surface area contributed by atoms with Crippen LogP contribution in [-0.2, 0) is 7.05 Å². The number of nitrogens with zero attached hydrogens (tertiary/aromatic N) is 4. The fraction of sp³-hybridized carbons (Fsp3) is 0.0833. The van der Waals surface area contributed by atoms with Crippen molar-refractivity contribution in [3.63, 3.8) is 0 Å². The van der Waals surface area contributed by atoms with Crippen LogP contribution in [0, 0.1) is 0 Å². The van der Waals surface area contributed by atoms with Crippen molar-refractivity contribution < 1.29 is 0 Å². The van der Waals surface area contributed by atoms with Gasteiger partial charge in [0.05, 0.1) is 16.2 Å². The molecule has 0 N–H and O–H groups in total. The van der Waals surface area contributed by atoms with Crippen LogP contribution in [0.3, 0.4) is 0 Å². The van der Waals surface area contributed by atoms with E-state index in [1.807, 2.05) is 23.7 Å². The molecule has 0 saturated carbocycles. The molecule has 0 fully saturated rings. The molecule has 0 aliphatic rings. The predicted molar refractivity (Wildman–Crippen MR) is 76.8 cm³/mol. The summed E-state index contributed by atoms with van der Waals surface area (Å²) in [7, 11) is 1.86. The van der Waals surface area contributed by atoms with Crippen LogP contribution in [0.15, 0.2) is 24.4 Å². The zero-order valence-electron chi connectivity index (χ0n) is 9.73. The molecule has 96 valence electrons. The van der Waals surface area contributed by atoms with E-state index in [0.29, 0.717) is 21.5 Å². The van der Waals surface area contributed by atoms with Gasteiger partial charge >= 0.3 is 0 Å². The van der Waals surface area contributed by atoms with E-state index >= 15 is 0 Å². The minimum Gasteiger partial charge on any atom is -0.324 e. The first kappa shape index (κ1) is 12.7. The molecule has 0 atom stereocenters. The topological polar surface area (TPSA) is 43.6 Å². The maximum atomic E-state index is 6.21. The maximum Gasteiger partial charge on any atom is 0.224 e. The molecule has 0 unspecified atom stereocenters. The molecular formula is C12H7Cl3N4. The van der Waals surface area contributed by atoms with Gasteiger partial charge in [-0.2, -0.15) is 4.98 Å². The number of rotatable bonds is 1. The number of halogens is 3. The molecular weight excluding hydrogens is 307 g/mol. The van der Waals surface area contributed by atoms with Crippen LogP contribution in [0.25, 0.3) is 22.6 Å². The molecule has 0 spiro atoms. The van der Waals surface area contributed by atoms with E-state index in [0.717, 1.165) is 11.1 Å². The standard InChI is InChI=1S/C12H7Cl3N4/c1-19-8-5-16-12(15)18-10(8)17-11(19)6-3-2-4-7(13)9(6)14/h2-5H,1H3. The Morgan fingerprint density at radius 3 is 2.68 bits per heavy atom. The molecule has 3 rings (SSSR count). The summed E-state index contributed by atoms with van der Waals surface area (Å²) < 4.78 is 1.85. The second-order valence-electron chi connectivity index (χ2n) is 3.94. The summed E-state index contributed by atoms with van der Waals surface area (Å²) in [5.74, 6) is 0.666. The molecule has 7 heteroatoms. The van der Waals surface area contributed by atoms with Gasteiger partial charge in [-0.1, -0.05) is 29.3 Å². The molecule has 2 aromatic heterocycles. The molecule has 3 aromatic rings. The van der Waals surface area contributed by atoms with Crippen molar-refractivity contribution in [2.24, 2.45) is 7.05 Å². The number of aromatic nitrogens is 4. The smallest absolute Gasteiger partial charge is 0.224 e. The quantitative estimate of drug-likeness (QED) is 0.638. The molecule has 4 nitrogen and oxygen atoms in total. The average molecular weight is 314 g/mol. The number of hydrogen-bond acceptors (Lipinski definition) is 3. The van der Waals surface area contributed by atoms with Gasteiger partial charge in [0, 0.05) is 12.6 Å². The van der Waals surface area contributed by atoms with Crippen LogP contribution in [0.5, 0.6) is 0 Å². The zero-order chi connectivity index (χ0) is 13.6. The first-order chi connectivity index (χ1) is 9.08. The van der Waals surface area contributed by atoms with Crippen LogP contribution < -0.4 is 0 Å². The number of aryl methyl sites for hydroxylation is 1. The molecule has 2 heterocycles. The number of hydrogen-bond donors (Lipinski definition) is 0. The van der Waals surface area contributed by atoms with Gasteiger partial charge in [0.1, 0.15) is 11.3 Å². The van der Waals surface area contributed by atoms with Crippen molar-refractivity contribution in [3.8, 4) is 11.4 Å². The van der Waals surface area contributed by atoms with E-state index < -0.39 is 0 Å². The highest BCUT2D eigenvalue weighted by Crippen LogP contribution is 2.33. The summed E-state index contributed by atoms with van der Waals surface area (Å²) >= 11 is 18.0. The maximum absolute atomic E-state index is 6.21. The summed E-state index contributed by atoms with van der Waals surface area (Å²) in [6.45, 7) is 0. The summed E-state index contributed by atoms with van der Waals surface area (Å²) in [6, 6.07) is 5.40. The minimum absolute atomic E-state index is 0.161. The summed E-state index contributed by atoms with van der Waals surface area (Å²) in [6.07, 6.45) is 1.62. The van der Waals surface area contributed by atoms with Crippen molar-refractivity contribution in [1.82, 2.24) is 19.5 Å². The van der Waals surface area contributed by atoms with E-state index in [9.17, 15) is 0 Å².